The van der Waals surface area contributed by atoms with Gasteiger partial charge in [0, 0.05) is 27.3 Å². The standard InChI is InChI=1S/C42H25F3N4/c1-25-21-30(23-31(22-25)42(43,44)45)26-17-19-29(20-18-26)38-37-34(46-2)24-35-41(36(37)32-15-9-10-16-33(32)47-38)49-40(28-13-7-4-8-14-28)39(48-35)27-11-5-3-6-12-27/h3-24H,1H3. The van der Waals surface area contributed by atoms with Gasteiger partial charge >= 0.3 is 6.18 Å². The summed E-state index contributed by atoms with van der Waals surface area (Å²) in [4.78, 5) is 19.5. The molecule has 49 heavy (non-hydrogen) atoms. The first-order valence-corrected chi connectivity index (χ1v) is 15.6. The SMILES string of the molecule is [C-]#[N+]c1cc2nc(-c3ccccc3)c(-c3ccccc3)nc2c2c1c(-c1ccc(-c3cc(C)cc(C(F)(F)F)c3)cc1)nc1ccccc12. The minimum absolute atomic E-state index is 0.383. The van der Waals surface area contributed by atoms with E-state index in [2.05, 4.69) is 4.85 Å². The molecule has 0 bridgehead atoms. The number of halogens is 3. The lowest BCUT2D eigenvalue weighted by Gasteiger charge is -2.16. The Bertz CT molecular complexity index is 2590. The molecule has 2 heterocycles. The maximum absolute atomic E-state index is 13.6. The van der Waals surface area contributed by atoms with Crippen molar-refractivity contribution in [2.75, 3.05) is 0 Å². The van der Waals surface area contributed by atoms with Crippen molar-refractivity contribution in [3.05, 3.63) is 156 Å². The first-order chi connectivity index (χ1) is 23.8. The van der Waals surface area contributed by atoms with Crippen LogP contribution in [0.1, 0.15) is 11.1 Å². The Morgan fingerprint density at radius 3 is 1.76 bits per heavy atom. The summed E-state index contributed by atoms with van der Waals surface area (Å²) in [5, 5.41) is 2.25. The third kappa shape index (κ3) is 5.34. The van der Waals surface area contributed by atoms with Crippen LogP contribution in [0.2, 0.25) is 0 Å². The van der Waals surface area contributed by atoms with Crippen LogP contribution in [0.25, 0.3) is 82.5 Å². The highest BCUT2D eigenvalue weighted by Crippen LogP contribution is 2.44. The van der Waals surface area contributed by atoms with Crippen molar-refractivity contribution < 1.29 is 13.2 Å². The van der Waals surface area contributed by atoms with Crippen LogP contribution in [-0.2, 0) is 6.18 Å². The van der Waals surface area contributed by atoms with Crippen LogP contribution in [0.15, 0.2) is 133 Å². The number of aryl methyl sites for hydroxylation is 1. The van der Waals surface area contributed by atoms with Gasteiger partial charge in [-0.05, 0) is 53.4 Å². The Morgan fingerprint density at radius 1 is 0.531 bits per heavy atom. The predicted octanol–water partition coefficient (Wildman–Crippen LogP) is 11.9. The van der Waals surface area contributed by atoms with Gasteiger partial charge in [0.1, 0.15) is 0 Å². The largest absolute Gasteiger partial charge is 0.416 e. The van der Waals surface area contributed by atoms with E-state index in [1.54, 1.807) is 31.2 Å². The van der Waals surface area contributed by atoms with E-state index in [0.29, 0.717) is 50.2 Å². The van der Waals surface area contributed by atoms with Crippen molar-refractivity contribution in [1.82, 2.24) is 15.0 Å². The molecule has 0 atom stereocenters. The topological polar surface area (TPSA) is 43.0 Å². The number of fused-ring (bicyclic) bond motifs is 5. The molecule has 0 aliphatic carbocycles. The summed E-state index contributed by atoms with van der Waals surface area (Å²) in [5.41, 5.74) is 7.88. The highest BCUT2D eigenvalue weighted by atomic mass is 19.4. The van der Waals surface area contributed by atoms with Crippen LogP contribution >= 0.6 is 0 Å². The fraction of sp³-hybridized carbons (Fsp3) is 0.0476. The molecule has 2 aromatic heterocycles. The second-order valence-electron chi connectivity index (χ2n) is 11.9. The summed E-state index contributed by atoms with van der Waals surface area (Å²) >= 11 is 0. The number of alkyl halides is 3. The van der Waals surface area contributed by atoms with Crippen LogP contribution in [0, 0.1) is 13.5 Å². The number of hydrogen-bond donors (Lipinski definition) is 0. The minimum atomic E-state index is -4.45. The average Bonchev–Trinajstić information content (AvgIpc) is 3.13. The van der Waals surface area contributed by atoms with Gasteiger partial charge in [0.2, 0.25) is 0 Å². The van der Waals surface area contributed by atoms with Crippen LogP contribution in [0.5, 0.6) is 0 Å². The number of hydrogen-bond acceptors (Lipinski definition) is 3. The van der Waals surface area contributed by atoms with E-state index in [-0.39, 0.29) is 0 Å². The Morgan fingerprint density at radius 2 is 1.10 bits per heavy atom. The third-order valence-electron chi connectivity index (χ3n) is 8.69. The van der Waals surface area contributed by atoms with E-state index in [9.17, 15) is 13.2 Å². The van der Waals surface area contributed by atoms with Gasteiger partial charge in [0.25, 0.3) is 0 Å². The van der Waals surface area contributed by atoms with E-state index in [1.807, 2.05) is 97.1 Å². The van der Waals surface area contributed by atoms with E-state index in [0.717, 1.165) is 44.7 Å². The number of nitrogens with zero attached hydrogens (tertiary/aromatic N) is 4. The molecule has 8 rings (SSSR count). The zero-order valence-electron chi connectivity index (χ0n) is 26.1. The lowest BCUT2D eigenvalue weighted by molar-refractivity contribution is -0.137. The Kier molecular flexibility index (Phi) is 7.15. The third-order valence-corrected chi connectivity index (χ3v) is 8.69. The molecule has 0 saturated heterocycles. The molecule has 6 aromatic carbocycles. The van der Waals surface area contributed by atoms with Crippen LogP contribution in [0.4, 0.5) is 18.9 Å². The summed E-state index contributed by atoms with van der Waals surface area (Å²) in [7, 11) is 0. The molecule has 0 amide bonds. The molecule has 0 aliphatic heterocycles. The number of para-hydroxylation sites is 1. The second kappa shape index (κ2) is 11.7. The molecule has 0 fully saturated rings. The first kappa shape index (κ1) is 30.0. The van der Waals surface area contributed by atoms with E-state index < -0.39 is 11.7 Å². The van der Waals surface area contributed by atoms with Crippen LogP contribution < -0.4 is 0 Å². The summed E-state index contributed by atoms with van der Waals surface area (Å²) in [6.45, 7) is 9.91. The van der Waals surface area contributed by atoms with Gasteiger partial charge in [-0.25, -0.2) is 19.8 Å². The Hall–Kier alpha value is -6.39. The zero-order valence-corrected chi connectivity index (χ0v) is 26.1. The molecular formula is C42H25F3N4. The Balaban J connectivity index is 1.40. The van der Waals surface area contributed by atoms with Crippen molar-refractivity contribution in [1.29, 1.82) is 0 Å². The maximum atomic E-state index is 13.6. The molecule has 0 aliphatic rings. The van der Waals surface area contributed by atoms with Gasteiger partial charge in [-0.1, -0.05) is 109 Å². The Labute approximate surface area is 280 Å². The molecule has 0 radical (unpaired) electrons. The molecule has 0 N–H and O–H groups in total. The van der Waals surface area contributed by atoms with Gasteiger partial charge < -0.3 is 0 Å². The quantitative estimate of drug-likeness (QED) is 0.142. The van der Waals surface area contributed by atoms with Gasteiger partial charge in [0.05, 0.1) is 45.8 Å². The van der Waals surface area contributed by atoms with Crippen molar-refractivity contribution in [2.24, 2.45) is 0 Å². The molecule has 0 unspecified atom stereocenters. The smallest absolute Gasteiger partial charge is 0.248 e. The van der Waals surface area contributed by atoms with Crippen molar-refractivity contribution in [2.45, 2.75) is 13.1 Å². The van der Waals surface area contributed by atoms with Gasteiger partial charge in [-0.15, -0.1) is 0 Å². The summed E-state index contributed by atoms with van der Waals surface area (Å²) < 4.78 is 40.8. The minimum Gasteiger partial charge on any atom is -0.248 e. The summed E-state index contributed by atoms with van der Waals surface area (Å²) in [5.74, 6) is 0. The maximum Gasteiger partial charge on any atom is 0.416 e. The molecule has 8 aromatic rings. The second-order valence-corrected chi connectivity index (χ2v) is 11.9. The number of rotatable bonds is 4. The zero-order chi connectivity index (χ0) is 33.7. The molecule has 0 spiro atoms. The van der Waals surface area contributed by atoms with Gasteiger partial charge in [0.15, 0.2) is 5.69 Å². The van der Waals surface area contributed by atoms with Crippen molar-refractivity contribution >= 4 is 38.4 Å². The van der Waals surface area contributed by atoms with E-state index in [1.165, 1.54) is 6.07 Å². The average molecular weight is 643 g/mol. The normalized spacial score (nSPS) is 11.7. The van der Waals surface area contributed by atoms with Crippen molar-refractivity contribution in [3.63, 3.8) is 0 Å². The van der Waals surface area contributed by atoms with Gasteiger partial charge in [-0.2, -0.15) is 13.2 Å². The monoisotopic (exact) mass is 642 g/mol. The highest BCUT2D eigenvalue weighted by Gasteiger charge is 2.31. The fourth-order valence-electron chi connectivity index (χ4n) is 6.47. The summed E-state index contributed by atoms with van der Waals surface area (Å²) in [6.07, 6.45) is -4.45. The number of aromatic nitrogens is 3. The highest BCUT2D eigenvalue weighted by molar-refractivity contribution is 6.25. The number of pyridine rings is 1. The van der Waals surface area contributed by atoms with Crippen LogP contribution in [0.3, 0.4) is 0 Å². The summed E-state index contributed by atoms with van der Waals surface area (Å²) in [6, 6.07) is 40.7. The lowest BCUT2D eigenvalue weighted by Crippen LogP contribution is -2.05. The molecule has 4 nitrogen and oxygen atoms in total. The van der Waals surface area contributed by atoms with Crippen LogP contribution in [-0.4, -0.2) is 15.0 Å². The predicted molar refractivity (Wildman–Crippen MR) is 190 cm³/mol. The first-order valence-electron chi connectivity index (χ1n) is 15.6. The molecular weight excluding hydrogens is 617 g/mol. The van der Waals surface area contributed by atoms with Gasteiger partial charge in [-0.3, -0.25) is 0 Å². The number of benzene rings is 6. The molecule has 234 valence electrons. The lowest BCUT2D eigenvalue weighted by atomic mass is 9.94. The molecule has 0 saturated carbocycles. The fourth-order valence-corrected chi connectivity index (χ4v) is 6.47. The molecule has 7 heteroatoms. The van der Waals surface area contributed by atoms with E-state index in [4.69, 9.17) is 21.5 Å². The van der Waals surface area contributed by atoms with E-state index >= 15 is 0 Å². The van der Waals surface area contributed by atoms with Crippen molar-refractivity contribution in [3.8, 4) is 44.9 Å².